The van der Waals surface area contributed by atoms with E-state index < -0.39 is 0 Å². The highest BCUT2D eigenvalue weighted by atomic mass is 32.2. The summed E-state index contributed by atoms with van der Waals surface area (Å²) in [5, 5.41) is 2.87. The zero-order valence-electron chi connectivity index (χ0n) is 20.1. The number of fused-ring (bicyclic) bond motifs is 2. The number of nitrogens with two attached hydrogens (primary N) is 1. The second-order valence-electron chi connectivity index (χ2n) is 9.15. The third kappa shape index (κ3) is 4.69. The second-order valence-corrected chi connectivity index (χ2v) is 10.1. The summed E-state index contributed by atoms with van der Waals surface area (Å²) >= 11 is 1.59. The molecule has 0 aromatic heterocycles. The van der Waals surface area contributed by atoms with Crippen LogP contribution in [-0.4, -0.2) is 43.3 Å². The lowest BCUT2D eigenvalue weighted by Crippen LogP contribution is -2.30. The van der Waals surface area contributed by atoms with Crippen LogP contribution in [0.15, 0.2) is 64.6 Å². The predicted molar refractivity (Wildman–Crippen MR) is 139 cm³/mol. The summed E-state index contributed by atoms with van der Waals surface area (Å²) in [6.45, 7) is 9.81. The van der Waals surface area contributed by atoms with Gasteiger partial charge in [0, 0.05) is 29.1 Å². The van der Waals surface area contributed by atoms with Crippen molar-refractivity contribution < 1.29 is 9.59 Å². The van der Waals surface area contributed by atoms with E-state index in [1.54, 1.807) is 24.1 Å². The van der Waals surface area contributed by atoms with Gasteiger partial charge in [-0.15, -0.1) is 0 Å². The predicted octanol–water partition coefficient (Wildman–Crippen LogP) is 3.91. The molecule has 0 radical (unpaired) electrons. The van der Waals surface area contributed by atoms with Gasteiger partial charge < -0.3 is 16.0 Å². The van der Waals surface area contributed by atoms with Gasteiger partial charge in [0.15, 0.2) is 5.78 Å². The molecule has 1 aliphatic carbocycles. The van der Waals surface area contributed by atoms with Crippen LogP contribution in [0.3, 0.4) is 0 Å². The molecular weight excluding hydrogens is 444 g/mol. The quantitative estimate of drug-likeness (QED) is 0.476. The minimum atomic E-state index is -0.331. The van der Waals surface area contributed by atoms with Crippen molar-refractivity contribution in [2.24, 2.45) is 17.6 Å². The van der Waals surface area contributed by atoms with Crippen LogP contribution in [0.2, 0.25) is 0 Å². The topological polar surface area (TPSA) is 87.5 Å². The van der Waals surface area contributed by atoms with Crippen molar-refractivity contribution >= 4 is 35.0 Å². The fraction of sp³-hybridized carbons (Fsp3) is 0.333. The molecule has 2 unspecified atom stereocenters. The molecule has 178 valence electrons. The van der Waals surface area contributed by atoms with Gasteiger partial charge in [0.2, 0.25) is 0 Å². The monoisotopic (exact) mass is 476 g/mol. The minimum absolute atomic E-state index is 0.176. The van der Waals surface area contributed by atoms with Gasteiger partial charge in [-0.2, -0.15) is 0 Å². The van der Waals surface area contributed by atoms with Gasteiger partial charge in [0.05, 0.1) is 22.5 Å². The van der Waals surface area contributed by atoms with Gasteiger partial charge in [-0.3, -0.25) is 14.3 Å². The number of benzene rings is 2. The number of carbonyl (C=O) groups is 2. The number of rotatable bonds is 9. The van der Waals surface area contributed by atoms with E-state index in [9.17, 15) is 9.59 Å². The van der Waals surface area contributed by atoms with Crippen LogP contribution in [0, 0.1) is 11.8 Å². The first kappa shape index (κ1) is 24.3. The molecule has 2 aromatic rings. The maximum atomic E-state index is 13.2. The molecule has 0 saturated carbocycles. The first-order valence-corrected chi connectivity index (χ1v) is 12.5. The lowest BCUT2D eigenvalue weighted by atomic mass is 9.84. The Hall–Kier alpha value is -2.87. The van der Waals surface area contributed by atoms with E-state index >= 15 is 0 Å². The van der Waals surface area contributed by atoms with E-state index in [0.717, 1.165) is 30.1 Å². The van der Waals surface area contributed by atoms with E-state index in [0.29, 0.717) is 39.9 Å². The van der Waals surface area contributed by atoms with Crippen molar-refractivity contribution in [3.63, 3.8) is 0 Å². The lowest BCUT2D eigenvalue weighted by molar-refractivity contribution is -0.115. The van der Waals surface area contributed by atoms with E-state index in [-0.39, 0.29) is 17.3 Å². The Balaban J connectivity index is 1.47. The van der Waals surface area contributed by atoms with E-state index in [1.807, 2.05) is 36.4 Å². The average Bonchev–Trinajstić information content (AvgIpc) is 3.20. The van der Waals surface area contributed by atoms with Crippen LogP contribution in [0.4, 0.5) is 0 Å². The molecule has 0 saturated heterocycles. The van der Waals surface area contributed by atoms with Gasteiger partial charge in [-0.05, 0) is 55.1 Å². The standard InChI is InChI=1S/C27H32N4O2S/c1-5-31(4)15-17(3)16(2)14-29-34-19-12-10-18(11-13-19)25-23-22(27(33)30-25)24(28)20-8-6-7-9-21(20)26(23)32/h6-13,16-17,29H,5,14-15,28H2,1-4H3,(H,30,33). The summed E-state index contributed by atoms with van der Waals surface area (Å²) in [7, 11) is 2.16. The molecule has 6 nitrogen and oxygen atoms in total. The van der Waals surface area contributed by atoms with E-state index in [1.165, 1.54) is 0 Å². The molecule has 1 heterocycles. The molecule has 1 amide bonds. The summed E-state index contributed by atoms with van der Waals surface area (Å²) in [5.41, 5.74) is 9.73. The van der Waals surface area contributed by atoms with Crippen LogP contribution in [0.1, 0.15) is 42.3 Å². The molecule has 2 atom stereocenters. The number of amides is 1. The molecule has 1 aliphatic heterocycles. The summed E-state index contributed by atoms with van der Waals surface area (Å²) in [6, 6.07) is 15.0. The molecule has 2 aliphatic rings. The number of nitrogens with one attached hydrogen (secondary N) is 2. The highest BCUT2D eigenvalue weighted by molar-refractivity contribution is 7.97. The maximum absolute atomic E-state index is 13.2. The molecular formula is C27H32N4O2S. The Morgan fingerprint density at radius 2 is 1.68 bits per heavy atom. The summed E-state index contributed by atoms with van der Waals surface area (Å²) in [4.78, 5) is 29.4. The summed E-state index contributed by atoms with van der Waals surface area (Å²) < 4.78 is 3.48. The van der Waals surface area contributed by atoms with Crippen molar-refractivity contribution in [1.29, 1.82) is 0 Å². The SMILES string of the molecule is CCN(C)CC(C)C(C)CNSc1ccc(C2=C3C(=O)c4ccccc4C(N)=C3C(=O)N2)cc1. The molecule has 2 aromatic carbocycles. The number of ketones is 1. The second kappa shape index (κ2) is 10.2. The molecule has 34 heavy (non-hydrogen) atoms. The third-order valence-corrected chi connectivity index (χ3v) is 7.59. The molecule has 7 heteroatoms. The summed E-state index contributed by atoms with van der Waals surface area (Å²) in [6.07, 6.45) is 0. The Morgan fingerprint density at radius 1 is 1.00 bits per heavy atom. The van der Waals surface area contributed by atoms with Crippen molar-refractivity contribution in [3.05, 3.63) is 76.4 Å². The lowest BCUT2D eigenvalue weighted by Gasteiger charge is -2.25. The molecule has 0 spiro atoms. The summed E-state index contributed by atoms with van der Waals surface area (Å²) in [5.74, 6) is 0.650. The number of Topliss-reactive ketones (excluding diaryl/α,β-unsaturated/α-hetero) is 1. The normalized spacial score (nSPS) is 17.1. The Morgan fingerprint density at radius 3 is 2.35 bits per heavy atom. The van der Waals surface area contributed by atoms with Gasteiger partial charge >= 0.3 is 0 Å². The molecule has 0 bridgehead atoms. The first-order chi connectivity index (χ1) is 16.3. The highest BCUT2D eigenvalue weighted by Gasteiger charge is 2.39. The zero-order chi connectivity index (χ0) is 24.4. The highest BCUT2D eigenvalue weighted by Crippen LogP contribution is 2.39. The molecule has 0 fully saturated rings. The van der Waals surface area contributed by atoms with Crippen molar-refractivity contribution in [2.75, 3.05) is 26.7 Å². The number of hydrogen-bond acceptors (Lipinski definition) is 6. The van der Waals surface area contributed by atoms with Crippen LogP contribution in [-0.2, 0) is 4.79 Å². The number of carbonyl (C=O) groups excluding carboxylic acids is 2. The van der Waals surface area contributed by atoms with Gasteiger partial charge in [0.25, 0.3) is 5.91 Å². The average molecular weight is 477 g/mol. The van der Waals surface area contributed by atoms with Crippen molar-refractivity contribution in [3.8, 4) is 0 Å². The van der Waals surface area contributed by atoms with Crippen LogP contribution in [0.5, 0.6) is 0 Å². The van der Waals surface area contributed by atoms with Gasteiger partial charge in [0.1, 0.15) is 0 Å². The van der Waals surface area contributed by atoms with Gasteiger partial charge in [-0.1, -0.05) is 57.2 Å². The molecule has 4 N–H and O–H groups in total. The third-order valence-electron chi connectivity index (χ3n) is 6.77. The van der Waals surface area contributed by atoms with Crippen LogP contribution >= 0.6 is 11.9 Å². The van der Waals surface area contributed by atoms with E-state index in [4.69, 9.17) is 5.73 Å². The first-order valence-electron chi connectivity index (χ1n) is 11.7. The van der Waals surface area contributed by atoms with Gasteiger partial charge in [-0.25, -0.2) is 0 Å². The largest absolute Gasteiger partial charge is 0.398 e. The van der Waals surface area contributed by atoms with Crippen LogP contribution < -0.4 is 15.8 Å². The fourth-order valence-corrected chi connectivity index (χ4v) is 5.10. The zero-order valence-corrected chi connectivity index (χ0v) is 21.0. The number of hydrogen-bond donors (Lipinski definition) is 3. The van der Waals surface area contributed by atoms with Crippen molar-refractivity contribution in [1.82, 2.24) is 14.9 Å². The number of nitrogens with zero attached hydrogens (tertiary/aromatic N) is 1. The maximum Gasteiger partial charge on any atom is 0.258 e. The Kier molecular flexibility index (Phi) is 7.26. The molecule has 4 rings (SSSR count). The minimum Gasteiger partial charge on any atom is -0.398 e. The van der Waals surface area contributed by atoms with E-state index in [2.05, 4.69) is 42.8 Å². The Bertz CT molecular complexity index is 1170. The Labute approximate surface area is 205 Å². The van der Waals surface area contributed by atoms with Crippen LogP contribution in [0.25, 0.3) is 11.4 Å². The fourth-order valence-electron chi connectivity index (χ4n) is 4.31. The smallest absolute Gasteiger partial charge is 0.258 e. The van der Waals surface area contributed by atoms with Crippen molar-refractivity contribution in [2.45, 2.75) is 25.7 Å².